The van der Waals surface area contributed by atoms with Crippen LogP contribution in [0.3, 0.4) is 0 Å². The van der Waals surface area contributed by atoms with Crippen molar-refractivity contribution in [1.29, 1.82) is 5.26 Å². The molecule has 0 atom stereocenters. The van der Waals surface area contributed by atoms with Crippen LogP contribution in [-0.2, 0) is 16.8 Å². The topological polar surface area (TPSA) is 107 Å². The average Bonchev–Trinajstić information content (AvgIpc) is 3.20. The van der Waals surface area contributed by atoms with Crippen LogP contribution in [0.4, 0.5) is 15.8 Å². The third kappa shape index (κ3) is 4.08. The normalized spacial score (nSPS) is 12.5. The largest absolute Gasteiger partial charge is 0.356 e. The smallest absolute Gasteiger partial charge is 0.255 e. The molecule has 0 radical (unpaired) electrons. The highest BCUT2D eigenvalue weighted by atomic mass is 19.1. The van der Waals surface area contributed by atoms with E-state index < -0.39 is 11.2 Å². The predicted octanol–water partition coefficient (Wildman–Crippen LogP) is 4.16. The first-order chi connectivity index (χ1) is 16.3. The number of aromatic nitrogens is 1. The number of amides is 2. The average molecular weight is 458 g/mol. The first-order valence-corrected chi connectivity index (χ1v) is 10.9. The van der Waals surface area contributed by atoms with Gasteiger partial charge in [-0.3, -0.25) is 9.59 Å². The van der Waals surface area contributed by atoms with Crippen molar-refractivity contribution >= 4 is 23.2 Å². The van der Waals surface area contributed by atoms with Gasteiger partial charge in [0.1, 0.15) is 5.82 Å². The highest BCUT2D eigenvalue weighted by molar-refractivity contribution is 6.04. The molecule has 0 fully saturated rings. The van der Waals surface area contributed by atoms with Crippen molar-refractivity contribution in [2.45, 2.75) is 32.7 Å². The number of rotatable bonds is 6. The molecule has 2 aromatic carbocycles. The lowest BCUT2D eigenvalue weighted by atomic mass is 9.83. The van der Waals surface area contributed by atoms with E-state index in [4.69, 9.17) is 0 Å². The number of fused-ring (bicyclic) bond motifs is 1. The number of hydrogen-bond acceptors (Lipinski definition) is 5. The third-order valence-corrected chi connectivity index (χ3v) is 5.92. The van der Waals surface area contributed by atoms with Gasteiger partial charge in [-0.05, 0) is 56.7 Å². The van der Waals surface area contributed by atoms with Crippen molar-refractivity contribution in [3.05, 3.63) is 76.7 Å². The zero-order valence-corrected chi connectivity index (χ0v) is 19.1. The van der Waals surface area contributed by atoms with Gasteiger partial charge in [-0.2, -0.15) is 5.26 Å². The number of halogens is 1. The third-order valence-electron chi connectivity index (χ3n) is 5.92. The lowest BCUT2D eigenvalue weighted by Crippen LogP contribution is -2.39. The van der Waals surface area contributed by atoms with Gasteiger partial charge in [0, 0.05) is 12.2 Å². The molecule has 34 heavy (non-hydrogen) atoms. The summed E-state index contributed by atoms with van der Waals surface area (Å²) >= 11 is 0. The summed E-state index contributed by atoms with van der Waals surface area (Å²) in [4.78, 5) is 29.4. The Morgan fingerprint density at radius 3 is 2.62 bits per heavy atom. The van der Waals surface area contributed by atoms with Crippen molar-refractivity contribution in [2.75, 3.05) is 11.9 Å². The molecule has 8 heteroatoms. The van der Waals surface area contributed by atoms with E-state index in [1.807, 2.05) is 51.1 Å². The van der Waals surface area contributed by atoms with E-state index in [0.717, 1.165) is 5.56 Å². The Morgan fingerprint density at radius 1 is 1.21 bits per heavy atom. The molecule has 4 rings (SSSR count). The highest BCUT2D eigenvalue weighted by Crippen LogP contribution is 2.34. The van der Waals surface area contributed by atoms with E-state index in [9.17, 15) is 19.2 Å². The fourth-order valence-corrected chi connectivity index (χ4v) is 3.97. The molecule has 1 aliphatic heterocycles. The Morgan fingerprint density at radius 2 is 1.94 bits per heavy atom. The minimum absolute atomic E-state index is 0.0674. The molecule has 0 spiro atoms. The summed E-state index contributed by atoms with van der Waals surface area (Å²) in [5.41, 5.74) is 2.64. The maximum atomic E-state index is 14.7. The zero-order chi connectivity index (χ0) is 24.5. The Labute approximate surface area is 197 Å². The summed E-state index contributed by atoms with van der Waals surface area (Å²) in [6.45, 7) is 6.35. The van der Waals surface area contributed by atoms with Crippen molar-refractivity contribution in [3.63, 3.8) is 0 Å². The Hall–Kier alpha value is -4.25. The van der Waals surface area contributed by atoms with Crippen molar-refractivity contribution in [3.8, 4) is 17.3 Å². The van der Waals surface area contributed by atoms with E-state index in [1.165, 1.54) is 18.2 Å². The Bertz CT molecular complexity index is 1330. The van der Waals surface area contributed by atoms with Crippen LogP contribution in [0.1, 0.15) is 48.0 Å². The van der Waals surface area contributed by atoms with E-state index in [0.29, 0.717) is 29.2 Å². The van der Waals surface area contributed by atoms with Crippen molar-refractivity contribution < 1.29 is 14.0 Å². The summed E-state index contributed by atoms with van der Waals surface area (Å²) < 4.78 is 14.7. The van der Waals surface area contributed by atoms with Crippen LogP contribution in [0.15, 0.2) is 48.5 Å². The van der Waals surface area contributed by atoms with Crippen LogP contribution >= 0.6 is 0 Å². The Balaban J connectivity index is 1.73. The molecule has 3 N–H and O–H groups in total. The van der Waals surface area contributed by atoms with Crippen LogP contribution < -0.4 is 16.0 Å². The minimum atomic E-state index is -0.710. The first kappa shape index (κ1) is 22.9. The number of nitrogens with one attached hydrogen (secondary N) is 3. The standard InChI is InChI=1S/C26H24FN5O2/c1-4-29-25(34)26(2,3)16-8-10-17(11-9-16)31-20-12-19(32-21-14-30-24(33)23(20)21)22-15(13-28)6-5-7-18(22)27/h5-12H,4,14H2,1-3H3,(H,29,34)(H,30,33)(H,31,32). The number of hydrogen-bond donors (Lipinski definition) is 3. The summed E-state index contributed by atoms with van der Waals surface area (Å²) in [6.07, 6.45) is 0. The first-order valence-electron chi connectivity index (χ1n) is 10.9. The molecule has 1 aliphatic rings. The number of nitriles is 1. The molecule has 172 valence electrons. The lowest BCUT2D eigenvalue weighted by Gasteiger charge is -2.24. The van der Waals surface area contributed by atoms with Gasteiger partial charge in [0.2, 0.25) is 5.91 Å². The van der Waals surface area contributed by atoms with E-state index >= 15 is 0 Å². The second-order valence-electron chi connectivity index (χ2n) is 8.52. The monoisotopic (exact) mass is 457 g/mol. The van der Waals surface area contributed by atoms with Crippen molar-refractivity contribution in [2.24, 2.45) is 0 Å². The maximum absolute atomic E-state index is 14.7. The molecule has 0 bridgehead atoms. The number of carbonyl (C=O) groups is 2. The summed E-state index contributed by atoms with van der Waals surface area (Å²) in [5, 5.41) is 18.3. The van der Waals surface area contributed by atoms with Crippen LogP contribution in [0, 0.1) is 17.1 Å². The molecule has 1 aromatic heterocycles. The van der Waals surface area contributed by atoms with Gasteiger partial charge in [-0.25, -0.2) is 9.37 Å². The van der Waals surface area contributed by atoms with Gasteiger partial charge in [-0.15, -0.1) is 0 Å². The molecule has 2 amide bonds. The summed E-state index contributed by atoms with van der Waals surface area (Å²) in [5.74, 6) is -0.909. The molecule has 7 nitrogen and oxygen atoms in total. The number of benzene rings is 2. The van der Waals surface area contributed by atoms with Gasteiger partial charge in [0.15, 0.2) is 0 Å². The van der Waals surface area contributed by atoms with Crippen molar-refractivity contribution in [1.82, 2.24) is 15.6 Å². The lowest BCUT2D eigenvalue weighted by molar-refractivity contribution is -0.125. The van der Waals surface area contributed by atoms with Gasteiger partial charge in [-0.1, -0.05) is 18.2 Å². The fraction of sp³-hybridized carbons (Fsp3) is 0.231. The fourth-order valence-electron chi connectivity index (χ4n) is 3.97. The summed E-state index contributed by atoms with van der Waals surface area (Å²) in [6, 6.07) is 15.2. The van der Waals surface area contributed by atoms with Crippen LogP contribution in [-0.4, -0.2) is 23.3 Å². The van der Waals surface area contributed by atoms with Crippen LogP contribution in [0.2, 0.25) is 0 Å². The summed E-state index contributed by atoms with van der Waals surface area (Å²) in [7, 11) is 0. The zero-order valence-electron chi connectivity index (χ0n) is 19.1. The van der Waals surface area contributed by atoms with E-state index in [2.05, 4.69) is 20.9 Å². The van der Waals surface area contributed by atoms with Gasteiger partial charge in [0.05, 0.1) is 51.8 Å². The number of nitrogens with zero attached hydrogens (tertiary/aromatic N) is 2. The second kappa shape index (κ2) is 8.94. The SMILES string of the molecule is CCNC(=O)C(C)(C)c1ccc(Nc2cc(-c3c(F)cccc3C#N)nc3c2C(=O)NC3)cc1. The maximum Gasteiger partial charge on any atom is 0.255 e. The highest BCUT2D eigenvalue weighted by Gasteiger charge is 2.30. The quantitative estimate of drug-likeness (QED) is 0.515. The van der Waals surface area contributed by atoms with Gasteiger partial charge >= 0.3 is 0 Å². The number of likely N-dealkylation sites (N-methyl/N-ethyl adjacent to an activating group) is 1. The van der Waals surface area contributed by atoms with Crippen LogP contribution in [0.5, 0.6) is 0 Å². The number of anilines is 2. The second-order valence-corrected chi connectivity index (χ2v) is 8.52. The Kier molecular flexibility index (Phi) is 6.03. The molecule has 0 saturated carbocycles. The molecule has 0 unspecified atom stereocenters. The molecular weight excluding hydrogens is 433 g/mol. The number of pyridine rings is 1. The van der Waals surface area contributed by atoms with Gasteiger partial charge in [0.25, 0.3) is 5.91 Å². The molecule has 0 aliphatic carbocycles. The predicted molar refractivity (Wildman–Crippen MR) is 127 cm³/mol. The van der Waals surface area contributed by atoms with E-state index in [1.54, 1.807) is 6.07 Å². The molecule has 0 saturated heterocycles. The molecule has 3 aromatic rings. The van der Waals surface area contributed by atoms with E-state index in [-0.39, 0.29) is 35.2 Å². The van der Waals surface area contributed by atoms with Gasteiger partial charge < -0.3 is 16.0 Å². The number of carbonyl (C=O) groups excluding carboxylic acids is 2. The van der Waals surface area contributed by atoms with Crippen LogP contribution in [0.25, 0.3) is 11.3 Å². The minimum Gasteiger partial charge on any atom is -0.356 e. The molecule has 2 heterocycles. The molecular formula is C26H24FN5O2.